The number of benzene rings is 2. The van der Waals surface area contributed by atoms with Crippen LogP contribution in [0.3, 0.4) is 0 Å². The third kappa shape index (κ3) is 4.51. The highest BCUT2D eigenvalue weighted by Crippen LogP contribution is 2.46. The zero-order valence-electron chi connectivity index (χ0n) is 18.6. The van der Waals surface area contributed by atoms with Gasteiger partial charge in [-0.1, -0.05) is 12.1 Å². The Hall–Kier alpha value is -2.48. The van der Waals surface area contributed by atoms with E-state index >= 15 is 0 Å². The van der Waals surface area contributed by atoms with Crippen molar-refractivity contribution in [3.05, 3.63) is 53.1 Å². The molecule has 4 rings (SSSR count). The number of carbonyl (C=O) groups excluding carboxylic acids is 1. The molecule has 7 nitrogen and oxygen atoms in total. The number of hydrogen-bond acceptors (Lipinski definition) is 6. The minimum Gasteiger partial charge on any atom is -0.497 e. The van der Waals surface area contributed by atoms with Gasteiger partial charge in [0.2, 0.25) is 0 Å². The fourth-order valence-electron chi connectivity index (χ4n) is 4.63. The molecule has 0 aromatic heterocycles. The lowest BCUT2D eigenvalue weighted by Gasteiger charge is -2.45. The molecule has 0 aliphatic carbocycles. The normalized spacial score (nSPS) is 16.7. The second-order valence-electron chi connectivity index (χ2n) is 7.88. The van der Waals surface area contributed by atoms with E-state index in [0.29, 0.717) is 49.9 Å². The van der Waals surface area contributed by atoms with Gasteiger partial charge in [-0.15, -0.1) is 12.4 Å². The zero-order chi connectivity index (χ0) is 21.8. The fourth-order valence-corrected chi connectivity index (χ4v) is 4.63. The number of fused-ring (bicyclic) bond motifs is 2. The number of hydrogen-bond donors (Lipinski definition) is 1. The summed E-state index contributed by atoms with van der Waals surface area (Å²) in [5.41, 5.74) is 8.12. The molecule has 0 bridgehead atoms. The molecule has 8 heteroatoms. The summed E-state index contributed by atoms with van der Waals surface area (Å²) in [7, 11) is 3.28. The van der Waals surface area contributed by atoms with E-state index in [1.54, 1.807) is 32.4 Å². The van der Waals surface area contributed by atoms with Gasteiger partial charge in [-0.3, -0.25) is 4.79 Å². The van der Waals surface area contributed by atoms with E-state index < -0.39 is 5.60 Å². The summed E-state index contributed by atoms with van der Waals surface area (Å²) in [6.07, 6.45) is 2.33. The lowest BCUT2D eigenvalue weighted by atomic mass is 9.78. The summed E-state index contributed by atoms with van der Waals surface area (Å²) in [5, 5.41) is 0. The molecule has 2 aromatic rings. The van der Waals surface area contributed by atoms with E-state index in [-0.39, 0.29) is 18.3 Å². The van der Waals surface area contributed by atoms with Crippen molar-refractivity contribution in [1.82, 2.24) is 4.90 Å². The average molecular weight is 463 g/mol. The number of methoxy groups -OCH3 is 2. The number of likely N-dealkylation sites (tertiary alicyclic amines) is 1. The van der Waals surface area contributed by atoms with Crippen molar-refractivity contribution in [3.63, 3.8) is 0 Å². The van der Waals surface area contributed by atoms with Gasteiger partial charge in [0.25, 0.3) is 5.91 Å². The minimum absolute atomic E-state index is 0. The topological polar surface area (TPSA) is 83.2 Å². The number of rotatable bonds is 6. The molecule has 2 aliphatic heterocycles. The lowest BCUT2D eigenvalue weighted by molar-refractivity contribution is -0.0946. The first-order valence-electron chi connectivity index (χ1n) is 10.7. The molecule has 174 valence electrons. The monoisotopic (exact) mass is 462 g/mol. The lowest BCUT2D eigenvalue weighted by Crippen LogP contribution is -2.48. The molecule has 2 heterocycles. The highest BCUT2D eigenvalue weighted by atomic mass is 35.5. The fraction of sp³-hybridized carbons (Fsp3) is 0.458. The number of carbonyl (C=O) groups is 1. The number of ether oxygens (including phenoxy) is 4. The summed E-state index contributed by atoms with van der Waals surface area (Å²) in [5.74, 6) is 1.95. The molecule has 2 aliphatic rings. The van der Waals surface area contributed by atoms with Gasteiger partial charge >= 0.3 is 0 Å². The van der Waals surface area contributed by atoms with Crippen molar-refractivity contribution >= 4 is 18.3 Å². The SMILES string of the molecule is COc1ccc(C(=O)N2CCC3(CC2)OCCc2cccc(OC)c23)c(OCCN)c1.Cl. The molecule has 1 saturated heterocycles. The van der Waals surface area contributed by atoms with E-state index in [9.17, 15) is 4.79 Å². The quantitative estimate of drug-likeness (QED) is 0.710. The molecule has 0 atom stereocenters. The summed E-state index contributed by atoms with van der Waals surface area (Å²) in [4.78, 5) is 15.2. The van der Waals surface area contributed by atoms with Crippen molar-refractivity contribution in [2.75, 3.05) is 47.1 Å². The van der Waals surface area contributed by atoms with Crippen LogP contribution in [0.1, 0.15) is 34.3 Å². The Bertz CT molecular complexity index is 930. The smallest absolute Gasteiger partial charge is 0.257 e. The van der Waals surface area contributed by atoms with Crippen LogP contribution in [0.25, 0.3) is 0 Å². The van der Waals surface area contributed by atoms with E-state index in [0.717, 1.165) is 30.6 Å². The van der Waals surface area contributed by atoms with E-state index in [1.165, 1.54) is 5.56 Å². The van der Waals surface area contributed by atoms with Crippen LogP contribution in [0.4, 0.5) is 0 Å². The number of nitrogens with zero attached hydrogens (tertiary/aromatic N) is 1. The highest BCUT2D eigenvalue weighted by molar-refractivity contribution is 5.97. The average Bonchev–Trinajstić information content (AvgIpc) is 2.82. The van der Waals surface area contributed by atoms with Gasteiger partial charge in [-0.25, -0.2) is 0 Å². The molecule has 2 aromatic carbocycles. The maximum Gasteiger partial charge on any atom is 0.257 e. The Labute approximate surface area is 195 Å². The molecule has 32 heavy (non-hydrogen) atoms. The maximum absolute atomic E-state index is 13.3. The summed E-state index contributed by atoms with van der Waals surface area (Å²) in [6.45, 7) is 2.58. The third-order valence-electron chi connectivity index (χ3n) is 6.19. The van der Waals surface area contributed by atoms with Crippen LogP contribution in [-0.2, 0) is 16.8 Å². The van der Waals surface area contributed by atoms with Gasteiger partial charge in [0.15, 0.2) is 0 Å². The van der Waals surface area contributed by atoms with Crippen molar-refractivity contribution in [2.45, 2.75) is 24.9 Å². The van der Waals surface area contributed by atoms with Gasteiger partial charge < -0.3 is 29.6 Å². The van der Waals surface area contributed by atoms with Crippen LogP contribution >= 0.6 is 12.4 Å². The van der Waals surface area contributed by atoms with Gasteiger partial charge in [0.05, 0.1) is 26.4 Å². The highest BCUT2D eigenvalue weighted by Gasteiger charge is 2.44. The van der Waals surface area contributed by atoms with Crippen LogP contribution in [0.5, 0.6) is 17.2 Å². The largest absolute Gasteiger partial charge is 0.497 e. The van der Waals surface area contributed by atoms with Gasteiger partial charge in [0.1, 0.15) is 29.5 Å². The van der Waals surface area contributed by atoms with Crippen LogP contribution in [0.15, 0.2) is 36.4 Å². The summed E-state index contributed by atoms with van der Waals surface area (Å²) in [6, 6.07) is 11.4. The van der Waals surface area contributed by atoms with Crippen molar-refractivity contribution in [2.24, 2.45) is 5.73 Å². The standard InChI is InChI=1S/C24H30N2O5.ClH/c1-28-18-6-7-19(21(16-18)30-15-11-25)23(27)26-12-9-24(10-13-26)22-17(8-14-31-24)4-3-5-20(22)29-2;/h3-7,16H,8-15,25H2,1-2H3;1H. The van der Waals surface area contributed by atoms with E-state index in [2.05, 4.69) is 6.07 Å². The number of piperidine rings is 1. The first-order valence-corrected chi connectivity index (χ1v) is 10.7. The molecular formula is C24H31ClN2O5. The number of amides is 1. The Morgan fingerprint density at radius 1 is 1.12 bits per heavy atom. The number of halogens is 1. The minimum atomic E-state index is -0.407. The molecule has 1 amide bonds. The van der Waals surface area contributed by atoms with Crippen LogP contribution in [0, 0.1) is 0 Å². The van der Waals surface area contributed by atoms with Crippen molar-refractivity contribution in [3.8, 4) is 17.2 Å². The second-order valence-corrected chi connectivity index (χ2v) is 7.88. The Balaban J connectivity index is 0.00000289. The first-order chi connectivity index (χ1) is 15.1. The van der Waals surface area contributed by atoms with Gasteiger partial charge in [0, 0.05) is 31.3 Å². The Morgan fingerprint density at radius 3 is 2.59 bits per heavy atom. The predicted molar refractivity (Wildman–Crippen MR) is 124 cm³/mol. The zero-order valence-corrected chi connectivity index (χ0v) is 19.4. The molecule has 0 saturated carbocycles. The second kappa shape index (κ2) is 10.4. The first kappa shape index (κ1) is 24.2. The van der Waals surface area contributed by atoms with E-state index in [1.807, 2.05) is 17.0 Å². The van der Waals surface area contributed by atoms with Crippen molar-refractivity contribution in [1.29, 1.82) is 0 Å². The molecular weight excluding hydrogens is 432 g/mol. The summed E-state index contributed by atoms with van der Waals surface area (Å²) >= 11 is 0. The Morgan fingerprint density at radius 2 is 1.91 bits per heavy atom. The van der Waals surface area contributed by atoms with E-state index in [4.69, 9.17) is 24.7 Å². The Kier molecular flexibility index (Phi) is 7.87. The number of nitrogens with two attached hydrogens (primary N) is 1. The van der Waals surface area contributed by atoms with Crippen LogP contribution in [0.2, 0.25) is 0 Å². The summed E-state index contributed by atoms with van der Waals surface area (Å²) < 4.78 is 23.0. The molecule has 1 spiro atoms. The molecule has 2 N–H and O–H groups in total. The van der Waals surface area contributed by atoms with Gasteiger partial charge in [-0.2, -0.15) is 0 Å². The molecule has 1 fully saturated rings. The maximum atomic E-state index is 13.3. The van der Waals surface area contributed by atoms with Crippen LogP contribution in [-0.4, -0.2) is 57.9 Å². The van der Waals surface area contributed by atoms with Gasteiger partial charge in [-0.05, 0) is 43.0 Å². The molecule has 0 radical (unpaired) electrons. The van der Waals surface area contributed by atoms with Crippen LogP contribution < -0.4 is 19.9 Å². The van der Waals surface area contributed by atoms with Crippen molar-refractivity contribution < 1.29 is 23.7 Å². The third-order valence-corrected chi connectivity index (χ3v) is 6.19. The predicted octanol–water partition coefficient (Wildman–Crippen LogP) is 3.17. The molecule has 0 unspecified atom stereocenters.